The smallest absolute Gasteiger partial charge is 0.123 e. The van der Waals surface area contributed by atoms with Crippen LogP contribution >= 0.6 is 11.3 Å². The van der Waals surface area contributed by atoms with Crippen molar-refractivity contribution in [1.82, 2.24) is 4.98 Å². The largest absolute Gasteiger partial charge is 0.322 e. The van der Waals surface area contributed by atoms with E-state index in [9.17, 15) is 4.39 Å². The quantitative estimate of drug-likeness (QED) is 0.909. The lowest BCUT2D eigenvalue weighted by Crippen LogP contribution is -2.14. The van der Waals surface area contributed by atoms with Crippen LogP contribution < -0.4 is 5.73 Å². The van der Waals surface area contributed by atoms with Gasteiger partial charge in [-0.3, -0.25) is 0 Å². The molecule has 90 valence electrons. The summed E-state index contributed by atoms with van der Waals surface area (Å²) in [6.45, 7) is 3.92. The van der Waals surface area contributed by atoms with E-state index in [0.717, 1.165) is 21.8 Å². The predicted molar refractivity (Wildman–Crippen MR) is 68.6 cm³/mol. The van der Waals surface area contributed by atoms with E-state index in [0.29, 0.717) is 6.42 Å². The molecule has 0 aliphatic rings. The summed E-state index contributed by atoms with van der Waals surface area (Å²) < 4.78 is 13.1. The number of halogens is 1. The highest BCUT2D eigenvalue weighted by atomic mass is 32.1. The van der Waals surface area contributed by atoms with E-state index in [-0.39, 0.29) is 11.9 Å². The number of hydrogen-bond acceptors (Lipinski definition) is 3. The van der Waals surface area contributed by atoms with Crippen molar-refractivity contribution in [3.05, 3.63) is 51.2 Å². The van der Waals surface area contributed by atoms with Crippen molar-refractivity contribution < 1.29 is 4.39 Å². The van der Waals surface area contributed by atoms with Gasteiger partial charge in [0.15, 0.2) is 0 Å². The van der Waals surface area contributed by atoms with Crippen LogP contribution in [0.5, 0.6) is 0 Å². The Labute approximate surface area is 104 Å². The third-order valence-electron chi connectivity index (χ3n) is 2.77. The Hall–Kier alpha value is -1.26. The first-order chi connectivity index (χ1) is 8.06. The van der Waals surface area contributed by atoms with Crippen LogP contribution in [0.2, 0.25) is 0 Å². The molecule has 0 bridgehead atoms. The standard InChI is InChI=1S/C13H15FN2S/c1-8-3-4-11(14)5-10(8)6-12(15)13-7-17-9(2)16-13/h3-5,7,12H,6,15H2,1-2H3. The van der Waals surface area contributed by atoms with Crippen molar-refractivity contribution in [3.8, 4) is 0 Å². The summed E-state index contributed by atoms with van der Waals surface area (Å²) in [4.78, 5) is 4.36. The summed E-state index contributed by atoms with van der Waals surface area (Å²) in [6, 6.07) is 4.63. The normalized spacial score (nSPS) is 12.7. The van der Waals surface area contributed by atoms with Gasteiger partial charge in [-0.1, -0.05) is 6.07 Å². The molecule has 1 aromatic heterocycles. The molecule has 0 saturated carbocycles. The van der Waals surface area contributed by atoms with Crippen molar-refractivity contribution in [2.45, 2.75) is 26.3 Å². The minimum Gasteiger partial charge on any atom is -0.322 e. The maximum Gasteiger partial charge on any atom is 0.123 e. The number of rotatable bonds is 3. The number of nitrogens with zero attached hydrogens (tertiary/aromatic N) is 1. The predicted octanol–water partition coefficient (Wildman–Crippen LogP) is 3.14. The minimum absolute atomic E-state index is 0.166. The lowest BCUT2D eigenvalue weighted by Gasteiger charge is -2.11. The van der Waals surface area contributed by atoms with E-state index in [1.807, 2.05) is 19.2 Å². The van der Waals surface area contributed by atoms with Gasteiger partial charge in [0.05, 0.1) is 16.7 Å². The second kappa shape index (κ2) is 4.94. The summed E-state index contributed by atoms with van der Waals surface area (Å²) in [5.41, 5.74) is 8.98. The zero-order chi connectivity index (χ0) is 12.4. The molecule has 1 unspecified atom stereocenters. The van der Waals surface area contributed by atoms with Crippen molar-refractivity contribution in [1.29, 1.82) is 0 Å². The second-order valence-electron chi connectivity index (χ2n) is 4.17. The Kier molecular flexibility index (Phi) is 3.54. The summed E-state index contributed by atoms with van der Waals surface area (Å²) in [5.74, 6) is -0.216. The number of aromatic nitrogens is 1. The number of benzene rings is 1. The molecule has 0 radical (unpaired) electrons. The summed E-state index contributed by atoms with van der Waals surface area (Å²) >= 11 is 1.59. The SMILES string of the molecule is Cc1nc(C(N)Cc2cc(F)ccc2C)cs1. The number of thiazole rings is 1. The minimum atomic E-state index is -0.216. The van der Waals surface area contributed by atoms with Crippen LogP contribution in [0.25, 0.3) is 0 Å². The molecule has 0 saturated heterocycles. The van der Waals surface area contributed by atoms with Crippen LogP contribution in [0, 0.1) is 19.7 Å². The maximum atomic E-state index is 13.1. The average Bonchev–Trinajstić information content (AvgIpc) is 2.70. The maximum absolute atomic E-state index is 13.1. The van der Waals surface area contributed by atoms with Gasteiger partial charge >= 0.3 is 0 Å². The van der Waals surface area contributed by atoms with E-state index in [1.54, 1.807) is 23.5 Å². The fourth-order valence-corrected chi connectivity index (χ4v) is 2.43. The molecule has 0 aliphatic heterocycles. The summed E-state index contributed by atoms with van der Waals surface area (Å²) in [5, 5.41) is 2.97. The molecule has 2 N–H and O–H groups in total. The molecule has 4 heteroatoms. The average molecular weight is 250 g/mol. The topological polar surface area (TPSA) is 38.9 Å². The number of nitrogens with two attached hydrogens (primary N) is 1. The first kappa shape index (κ1) is 12.2. The van der Waals surface area contributed by atoms with Gasteiger partial charge in [-0.2, -0.15) is 0 Å². The van der Waals surface area contributed by atoms with Gasteiger partial charge in [0, 0.05) is 5.38 Å². The monoisotopic (exact) mass is 250 g/mol. The van der Waals surface area contributed by atoms with Crippen LogP contribution in [0.15, 0.2) is 23.6 Å². The zero-order valence-corrected chi connectivity index (χ0v) is 10.7. The lowest BCUT2D eigenvalue weighted by atomic mass is 10.00. The first-order valence-corrected chi connectivity index (χ1v) is 6.37. The Morgan fingerprint density at radius 1 is 1.41 bits per heavy atom. The van der Waals surface area contributed by atoms with Crippen LogP contribution in [0.4, 0.5) is 4.39 Å². The van der Waals surface area contributed by atoms with E-state index < -0.39 is 0 Å². The molecule has 0 spiro atoms. The van der Waals surface area contributed by atoms with Crippen LogP contribution in [-0.4, -0.2) is 4.98 Å². The van der Waals surface area contributed by atoms with Crippen molar-refractivity contribution in [2.24, 2.45) is 5.73 Å². The molecule has 2 rings (SSSR count). The van der Waals surface area contributed by atoms with Gasteiger partial charge in [0.25, 0.3) is 0 Å². The molecule has 0 amide bonds. The molecular weight excluding hydrogens is 235 g/mol. The molecule has 2 aromatic rings. The fourth-order valence-electron chi connectivity index (χ4n) is 1.75. The molecule has 2 nitrogen and oxygen atoms in total. The third-order valence-corrected chi connectivity index (χ3v) is 3.56. The number of aryl methyl sites for hydroxylation is 2. The van der Waals surface area contributed by atoms with Crippen molar-refractivity contribution in [3.63, 3.8) is 0 Å². The van der Waals surface area contributed by atoms with E-state index in [2.05, 4.69) is 4.98 Å². The van der Waals surface area contributed by atoms with Crippen LogP contribution in [0.1, 0.15) is 27.9 Å². The van der Waals surface area contributed by atoms with Crippen molar-refractivity contribution >= 4 is 11.3 Å². The molecule has 1 aromatic carbocycles. The van der Waals surface area contributed by atoms with Crippen LogP contribution in [0.3, 0.4) is 0 Å². The summed E-state index contributed by atoms with van der Waals surface area (Å²) in [7, 11) is 0. The van der Waals surface area contributed by atoms with Crippen molar-refractivity contribution in [2.75, 3.05) is 0 Å². The molecule has 1 atom stereocenters. The fraction of sp³-hybridized carbons (Fsp3) is 0.308. The molecule has 1 heterocycles. The van der Waals surface area contributed by atoms with Gasteiger partial charge in [0.1, 0.15) is 5.82 Å². The van der Waals surface area contributed by atoms with Gasteiger partial charge in [0.2, 0.25) is 0 Å². The first-order valence-electron chi connectivity index (χ1n) is 5.49. The van der Waals surface area contributed by atoms with E-state index in [4.69, 9.17) is 5.73 Å². The van der Waals surface area contributed by atoms with E-state index in [1.165, 1.54) is 6.07 Å². The summed E-state index contributed by atoms with van der Waals surface area (Å²) in [6.07, 6.45) is 0.618. The van der Waals surface area contributed by atoms with Gasteiger partial charge in [-0.25, -0.2) is 9.37 Å². The van der Waals surface area contributed by atoms with E-state index >= 15 is 0 Å². The third kappa shape index (κ3) is 2.90. The van der Waals surface area contributed by atoms with Gasteiger partial charge in [-0.15, -0.1) is 11.3 Å². The number of hydrogen-bond donors (Lipinski definition) is 1. The Morgan fingerprint density at radius 3 is 2.82 bits per heavy atom. The highest BCUT2D eigenvalue weighted by Crippen LogP contribution is 2.20. The molecule has 0 fully saturated rings. The highest BCUT2D eigenvalue weighted by molar-refractivity contribution is 7.09. The zero-order valence-electron chi connectivity index (χ0n) is 9.90. The molecule has 17 heavy (non-hydrogen) atoms. The lowest BCUT2D eigenvalue weighted by molar-refractivity contribution is 0.620. The Morgan fingerprint density at radius 2 is 2.18 bits per heavy atom. The van der Waals surface area contributed by atoms with Gasteiger partial charge < -0.3 is 5.73 Å². The van der Waals surface area contributed by atoms with Gasteiger partial charge in [-0.05, 0) is 43.5 Å². The second-order valence-corrected chi connectivity index (χ2v) is 5.24. The Balaban J connectivity index is 2.18. The van der Waals surface area contributed by atoms with Crippen LogP contribution in [-0.2, 0) is 6.42 Å². The Bertz CT molecular complexity index is 522. The molecular formula is C13H15FN2S. The highest BCUT2D eigenvalue weighted by Gasteiger charge is 2.12. The molecule has 0 aliphatic carbocycles.